The fourth-order valence-electron chi connectivity index (χ4n) is 2.14. The lowest BCUT2D eigenvalue weighted by molar-refractivity contribution is 0.112. The Bertz CT molecular complexity index is 345. The molecule has 0 N–H and O–H groups in total. The standard InChI is InChI=1S/C12H17NOS/c1-9(2)10-3-4-13(6-10)11-5-12(7-14)15-8-11/h5,7-10H,3-4,6H2,1-2H3. The first-order valence-electron chi connectivity index (χ1n) is 5.49. The van der Waals surface area contributed by atoms with E-state index in [0.29, 0.717) is 0 Å². The summed E-state index contributed by atoms with van der Waals surface area (Å²) in [5, 5.41) is 2.09. The predicted molar refractivity (Wildman–Crippen MR) is 64.9 cm³/mol. The van der Waals surface area contributed by atoms with Crippen molar-refractivity contribution >= 4 is 23.3 Å². The highest BCUT2D eigenvalue weighted by atomic mass is 32.1. The van der Waals surface area contributed by atoms with E-state index in [-0.39, 0.29) is 0 Å². The van der Waals surface area contributed by atoms with Crippen molar-refractivity contribution in [3.05, 3.63) is 16.3 Å². The topological polar surface area (TPSA) is 20.3 Å². The molecule has 3 heteroatoms. The molecule has 82 valence electrons. The van der Waals surface area contributed by atoms with E-state index in [2.05, 4.69) is 24.1 Å². The molecule has 1 unspecified atom stereocenters. The Morgan fingerprint density at radius 3 is 2.93 bits per heavy atom. The highest BCUT2D eigenvalue weighted by Gasteiger charge is 2.25. The molecule has 15 heavy (non-hydrogen) atoms. The first-order valence-corrected chi connectivity index (χ1v) is 6.37. The van der Waals surface area contributed by atoms with Gasteiger partial charge in [0.15, 0.2) is 6.29 Å². The van der Waals surface area contributed by atoms with Crippen LogP contribution in [0.5, 0.6) is 0 Å². The van der Waals surface area contributed by atoms with Crippen LogP contribution in [0.2, 0.25) is 0 Å². The van der Waals surface area contributed by atoms with Gasteiger partial charge in [0.25, 0.3) is 0 Å². The summed E-state index contributed by atoms with van der Waals surface area (Å²) in [5.41, 5.74) is 1.23. The van der Waals surface area contributed by atoms with Gasteiger partial charge in [0.1, 0.15) is 0 Å². The van der Waals surface area contributed by atoms with E-state index in [1.54, 1.807) is 0 Å². The molecule has 0 bridgehead atoms. The van der Waals surface area contributed by atoms with Gasteiger partial charge in [-0.3, -0.25) is 4.79 Å². The number of aldehydes is 1. The summed E-state index contributed by atoms with van der Waals surface area (Å²) in [6.45, 7) is 6.86. The van der Waals surface area contributed by atoms with E-state index in [9.17, 15) is 4.79 Å². The van der Waals surface area contributed by atoms with E-state index in [0.717, 1.165) is 36.1 Å². The van der Waals surface area contributed by atoms with Crippen molar-refractivity contribution in [2.45, 2.75) is 20.3 Å². The molecule has 1 aliphatic rings. The van der Waals surface area contributed by atoms with Gasteiger partial charge in [0, 0.05) is 24.2 Å². The quantitative estimate of drug-likeness (QED) is 0.734. The number of rotatable bonds is 3. The van der Waals surface area contributed by atoms with Crippen LogP contribution in [0.4, 0.5) is 5.69 Å². The van der Waals surface area contributed by atoms with E-state index in [1.165, 1.54) is 23.4 Å². The third-order valence-corrected chi connectivity index (χ3v) is 4.10. The third kappa shape index (κ3) is 2.23. The second-order valence-electron chi connectivity index (χ2n) is 4.56. The van der Waals surface area contributed by atoms with Crippen LogP contribution in [0.1, 0.15) is 29.9 Å². The summed E-state index contributed by atoms with van der Waals surface area (Å²) in [6, 6.07) is 2.00. The second-order valence-corrected chi connectivity index (χ2v) is 5.51. The number of carbonyl (C=O) groups excluding carboxylic acids is 1. The van der Waals surface area contributed by atoms with Crippen LogP contribution in [0.3, 0.4) is 0 Å². The van der Waals surface area contributed by atoms with Crippen LogP contribution in [0.15, 0.2) is 11.4 Å². The Morgan fingerprint density at radius 2 is 2.40 bits per heavy atom. The number of thiophene rings is 1. The maximum Gasteiger partial charge on any atom is 0.160 e. The Hall–Kier alpha value is -0.830. The van der Waals surface area contributed by atoms with Gasteiger partial charge < -0.3 is 4.90 Å². The molecule has 2 nitrogen and oxygen atoms in total. The molecule has 1 aliphatic heterocycles. The van der Waals surface area contributed by atoms with E-state index in [1.807, 2.05) is 6.07 Å². The summed E-state index contributed by atoms with van der Waals surface area (Å²) in [6.07, 6.45) is 2.22. The van der Waals surface area contributed by atoms with Gasteiger partial charge >= 0.3 is 0 Å². The van der Waals surface area contributed by atoms with Crippen LogP contribution >= 0.6 is 11.3 Å². The zero-order valence-corrected chi connectivity index (χ0v) is 10.1. The first kappa shape index (κ1) is 10.7. The van der Waals surface area contributed by atoms with Crippen LogP contribution < -0.4 is 4.90 Å². The zero-order valence-electron chi connectivity index (χ0n) is 9.27. The molecule has 1 fully saturated rings. The number of carbonyl (C=O) groups is 1. The lowest BCUT2D eigenvalue weighted by Crippen LogP contribution is -2.20. The predicted octanol–water partition coefficient (Wildman–Crippen LogP) is 3.04. The lowest BCUT2D eigenvalue weighted by atomic mass is 9.95. The van der Waals surface area contributed by atoms with Crippen LogP contribution in [-0.2, 0) is 0 Å². The average molecular weight is 223 g/mol. The van der Waals surface area contributed by atoms with Crippen molar-refractivity contribution in [1.29, 1.82) is 0 Å². The first-order chi connectivity index (χ1) is 7.20. The van der Waals surface area contributed by atoms with Gasteiger partial charge in [-0.15, -0.1) is 11.3 Å². The Morgan fingerprint density at radius 1 is 1.60 bits per heavy atom. The molecule has 2 rings (SSSR count). The second kappa shape index (κ2) is 4.35. The Balaban J connectivity index is 2.04. The van der Waals surface area contributed by atoms with Gasteiger partial charge in [-0.2, -0.15) is 0 Å². The minimum Gasteiger partial charge on any atom is -0.371 e. The fourth-order valence-corrected chi connectivity index (χ4v) is 2.85. The van der Waals surface area contributed by atoms with Gasteiger partial charge in [-0.25, -0.2) is 0 Å². The minimum atomic E-state index is 0.763. The molecule has 1 aromatic rings. The fraction of sp³-hybridized carbons (Fsp3) is 0.583. The third-order valence-electron chi connectivity index (χ3n) is 3.25. The number of hydrogen-bond acceptors (Lipinski definition) is 3. The normalized spacial score (nSPS) is 21.3. The van der Waals surface area contributed by atoms with Gasteiger partial charge in [-0.05, 0) is 24.3 Å². The number of nitrogens with zero attached hydrogens (tertiary/aromatic N) is 1. The molecule has 1 saturated heterocycles. The largest absolute Gasteiger partial charge is 0.371 e. The molecule has 1 aromatic heterocycles. The number of hydrogen-bond donors (Lipinski definition) is 0. The van der Waals surface area contributed by atoms with Crippen molar-refractivity contribution < 1.29 is 4.79 Å². The number of anilines is 1. The van der Waals surface area contributed by atoms with Gasteiger partial charge in [0.2, 0.25) is 0 Å². The molecular formula is C12H17NOS. The van der Waals surface area contributed by atoms with Crippen LogP contribution in [0, 0.1) is 11.8 Å². The summed E-state index contributed by atoms with van der Waals surface area (Å²) < 4.78 is 0. The summed E-state index contributed by atoms with van der Waals surface area (Å²) in [7, 11) is 0. The zero-order chi connectivity index (χ0) is 10.8. The molecule has 0 aliphatic carbocycles. The summed E-state index contributed by atoms with van der Waals surface area (Å²) >= 11 is 1.54. The Labute approximate surface area is 94.9 Å². The highest BCUT2D eigenvalue weighted by Crippen LogP contribution is 2.30. The van der Waals surface area contributed by atoms with Crippen molar-refractivity contribution in [2.75, 3.05) is 18.0 Å². The Kier molecular flexibility index (Phi) is 3.10. The molecular weight excluding hydrogens is 206 g/mol. The van der Waals surface area contributed by atoms with Crippen molar-refractivity contribution in [3.8, 4) is 0 Å². The van der Waals surface area contributed by atoms with Gasteiger partial charge in [0.05, 0.1) is 4.88 Å². The van der Waals surface area contributed by atoms with E-state index >= 15 is 0 Å². The molecule has 0 saturated carbocycles. The maximum absolute atomic E-state index is 10.6. The van der Waals surface area contributed by atoms with Crippen LogP contribution in [0.25, 0.3) is 0 Å². The molecule has 1 atom stereocenters. The highest BCUT2D eigenvalue weighted by molar-refractivity contribution is 7.12. The average Bonchev–Trinajstić information content (AvgIpc) is 2.86. The molecule has 0 aromatic carbocycles. The smallest absolute Gasteiger partial charge is 0.160 e. The lowest BCUT2D eigenvalue weighted by Gasteiger charge is -2.18. The van der Waals surface area contributed by atoms with E-state index in [4.69, 9.17) is 0 Å². The van der Waals surface area contributed by atoms with E-state index < -0.39 is 0 Å². The van der Waals surface area contributed by atoms with Crippen molar-refractivity contribution in [1.82, 2.24) is 0 Å². The minimum absolute atomic E-state index is 0.763. The van der Waals surface area contributed by atoms with Crippen LogP contribution in [-0.4, -0.2) is 19.4 Å². The maximum atomic E-state index is 10.6. The monoisotopic (exact) mass is 223 g/mol. The molecule has 0 radical (unpaired) electrons. The molecule has 0 spiro atoms. The molecule has 2 heterocycles. The summed E-state index contributed by atoms with van der Waals surface area (Å²) in [5.74, 6) is 1.57. The summed E-state index contributed by atoms with van der Waals surface area (Å²) in [4.78, 5) is 13.8. The van der Waals surface area contributed by atoms with Crippen molar-refractivity contribution in [3.63, 3.8) is 0 Å². The molecule has 0 amide bonds. The van der Waals surface area contributed by atoms with Gasteiger partial charge in [-0.1, -0.05) is 13.8 Å². The van der Waals surface area contributed by atoms with Crippen molar-refractivity contribution in [2.24, 2.45) is 11.8 Å². The SMILES string of the molecule is CC(C)C1CCN(c2csc(C=O)c2)C1.